The van der Waals surface area contributed by atoms with Gasteiger partial charge in [0, 0.05) is 6.42 Å². The molecule has 0 heterocycles. The van der Waals surface area contributed by atoms with Crippen LogP contribution in [0.25, 0.3) is 0 Å². The van der Waals surface area contributed by atoms with Crippen molar-refractivity contribution in [3.05, 3.63) is 11.3 Å². The first-order valence-corrected chi connectivity index (χ1v) is 7.85. The van der Waals surface area contributed by atoms with Gasteiger partial charge in [-0.25, -0.2) is 0 Å². The molecule has 0 bridgehead atoms. The molecule has 0 amide bonds. The van der Waals surface area contributed by atoms with Gasteiger partial charge in [-0.15, -0.1) is 0 Å². The van der Waals surface area contributed by atoms with E-state index < -0.39 is 63.1 Å². The molecule has 0 saturated heterocycles. The number of aliphatic carboxylic acids is 1. The van der Waals surface area contributed by atoms with Crippen LogP contribution in [0.4, 0.5) is 0 Å². The van der Waals surface area contributed by atoms with E-state index in [1.165, 1.54) is 20.8 Å². The molecule has 2 rings (SSSR count). The number of ether oxygens (including phenoxy) is 1. The molecule has 0 aromatic rings. The Hall–Kier alpha value is -2.22. The van der Waals surface area contributed by atoms with Crippen molar-refractivity contribution in [3.8, 4) is 0 Å². The molecule has 25 heavy (non-hydrogen) atoms. The van der Waals surface area contributed by atoms with Crippen molar-refractivity contribution >= 4 is 23.5 Å². The van der Waals surface area contributed by atoms with Crippen LogP contribution in [-0.2, 0) is 23.9 Å². The number of rotatable bonds is 3. The van der Waals surface area contributed by atoms with Gasteiger partial charge in [-0.2, -0.15) is 0 Å². The first-order chi connectivity index (χ1) is 11.3. The van der Waals surface area contributed by atoms with Crippen molar-refractivity contribution in [2.24, 2.45) is 22.7 Å². The molecule has 5 atom stereocenters. The summed E-state index contributed by atoms with van der Waals surface area (Å²) in [6, 6.07) is 0. The SMILES string of the molecule is COC(=O)C1(C(=O)O)[C@@](C)(O)[C@@H](C)[C@@H]2CC(=O)C(C(C)=O)=C(O)[C@@]21C. The van der Waals surface area contributed by atoms with Gasteiger partial charge >= 0.3 is 11.9 Å². The lowest BCUT2D eigenvalue weighted by atomic mass is 9.55. The number of aliphatic hydroxyl groups excluding tert-OH is 1. The minimum Gasteiger partial charge on any atom is -0.511 e. The lowest BCUT2D eigenvalue weighted by Crippen LogP contribution is -2.63. The molecule has 2 aliphatic rings. The molecule has 0 aliphatic heterocycles. The van der Waals surface area contributed by atoms with E-state index in [1.807, 2.05) is 0 Å². The number of methoxy groups -OCH3 is 1. The van der Waals surface area contributed by atoms with Gasteiger partial charge in [-0.1, -0.05) is 13.8 Å². The molecular weight excluding hydrogens is 332 g/mol. The van der Waals surface area contributed by atoms with Crippen LogP contribution in [0.1, 0.15) is 34.1 Å². The molecule has 3 N–H and O–H groups in total. The molecule has 8 heteroatoms. The normalized spacial score (nSPS) is 40.6. The number of Topliss-reactive ketones (excluding diaryl/α,β-unsaturated/α-hetero) is 2. The molecule has 0 aromatic heterocycles. The highest BCUT2D eigenvalue weighted by atomic mass is 16.5. The zero-order chi connectivity index (χ0) is 19.5. The topological polar surface area (TPSA) is 138 Å². The third kappa shape index (κ3) is 1.85. The second kappa shape index (κ2) is 5.39. The fourth-order valence-corrected chi connectivity index (χ4v) is 4.93. The average molecular weight is 354 g/mol. The Morgan fingerprint density at radius 1 is 1.24 bits per heavy atom. The number of aliphatic hydroxyl groups is 2. The Morgan fingerprint density at radius 2 is 1.76 bits per heavy atom. The smallest absolute Gasteiger partial charge is 0.327 e. The lowest BCUT2D eigenvalue weighted by molar-refractivity contribution is -0.197. The Morgan fingerprint density at radius 3 is 2.16 bits per heavy atom. The number of fused-ring (bicyclic) bond motifs is 1. The predicted molar refractivity (Wildman–Crippen MR) is 83.4 cm³/mol. The maximum absolute atomic E-state index is 12.6. The van der Waals surface area contributed by atoms with E-state index in [-0.39, 0.29) is 6.42 Å². The van der Waals surface area contributed by atoms with E-state index in [2.05, 4.69) is 4.74 Å². The fourth-order valence-electron chi connectivity index (χ4n) is 4.93. The Balaban J connectivity index is 3.01. The van der Waals surface area contributed by atoms with E-state index in [1.54, 1.807) is 0 Å². The summed E-state index contributed by atoms with van der Waals surface area (Å²) in [6.07, 6.45) is -0.265. The molecule has 0 spiro atoms. The van der Waals surface area contributed by atoms with Gasteiger partial charge in [-0.05, 0) is 25.7 Å². The zero-order valence-corrected chi connectivity index (χ0v) is 14.7. The van der Waals surface area contributed by atoms with E-state index in [0.29, 0.717) is 0 Å². The molecule has 8 nitrogen and oxygen atoms in total. The molecular formula is C17H22O8. The van der Waals surface area contributed by atoms with Crippen LogP contribution in [0.3, 0.4) is 0 Å². The Labute approximate surface area is 144 Å². The van der Waals surface area contributed by atoms with Gasteiger partial charge in [0.1, 0.15) is 5.76 Å². The highest BCUT2D eigenvalue weighted by Crippen LogP contribution is 2.69. The highest BCUT2D eigenvalue weighted by Gasteiger charge is 2.82. The van der Waals surface area contributed by atoms with E-state index in [0.717, 1.165) is 14.0 Å². The van der Waals surface area contributed by atoms with E-state index >= 15 is 0 Å². The van der Waals surface area contributed by atoms with Crippen molar-refractivity contribution < 1.29 is 39.2 Å². The Kier molecular flexibility index (Phi) is 4.12. The average Bonchev–Trinajstić information content (AvgIpc) is 2.62. The largest absolute Gasteiger partial charge is 0.511 e. The van der Waals surface area contributed by atoms with Gasteiger partial charge < -0.3 is 20.1 Å². The molecule has 1 fully saturated rings. The number of hydrogen-bond acceptors (Lipinski definition) is 7. The zero-order valence-electron chi connectivity index (χ0n) is 14.7. The first-order valence-electron chi connectivity index (χ1n) is 7.85. The van der Waals surface area contributed by atoms with Gasteiger partial charge in [-0.3, -0.25) is 19.2 Å². The van der Waals surface area contributed by atoms with E-state index in [9.17, 15) is 34.5 Å². The van der Waals surface area contributed by atoms with Crippen molar-refractivity contribution in [2.75, 3.05) is 7.11 Å². The first kappa shape index (κ1) is 19.1. The van der Waals surface area contributed by atoms with Crippen LogP contribution in [0.15, 0.2) is 11.3 Å². The maximum Gasteiger partial charge on any atom is 0.327 e. The van der Waals surface area contributed by atoms with Crippen molar-refractivity contribution in [3.63, 3.8) is 0 Å². The van der Waals surface area contributed by atoms with Crippen LogP contribution in [0.2, 0.25) is 0 Å². The number of carbonyl (C=O) groups is 4. The third-order valence-corrected chi connectivity index (χ3v) is 6.35. The van der Waals surface area contributed by atoms with Crippen molar-refractivity contribution in [1.29, 1.82) is 0 Å². The van der Waals surface area contributed by atoms with Crippen LogP contribution >= 0.6 is 0 Å². The minimum atomic E-state index is -2.58. The second-order valence-electron chi connectivity index (χ2n) is 7.20. The summed E-state index contributed by atoms with van der Waals surface area (Å²) >= 11 is 0. The summed E-state index contributed by atoms with van der Waals surface area (Å²) in [5.41, 5.74) is -7.13. The van der Waals surface area contributed by atoms with Crippen LogP contribution in [-0.4, -0.2) is 51.5 Å². The fraction of sp³-hybridized carbons (Fsp3) is 0.647. The summed E-state index contributed by atoms with van der Waals surface area (Å²) in [6.45, 7) is 5.04. The highest BCUT2D eigenvalue weighted by molar-refractivity contribution is 6.21. The summed E-state index contributed by atoms with van der Waals surface area (Å²) in [4.78, 5) is 49.1. The van der Waals surface area contributed by atoms with Crippen LogP contribution < -0.4 is 0 Å². The van der Waals surface area contributed by atoms with Crippen molar-refractivity contribution in [2.45, 2.75) is 39.7 Å². The predicted octanol–water partition coefficient (Wildman–Crippen LogP) is 0.627. The summed E-state index contributed by atoms with van der Waals surface area (Å²) in [7, 11) is 0.977. The van der Waals surface area contributed by atoms with Gasteiger partial charge in [0.25, 0.3) is 0 Å². The molecule has 1 saturated carbocycles. The third-order valence-electron chi connectivity index (χ3n) is 6.35. The second-order valence-corrected chi connectivity index (χ2v) is 7.20. The lowest BCUT2D eigenvalue weighted by Gasteiger charge is -2.46. The van der Waals surface area contributed by atoms with E-state index in [4.69, 9.17) is 0 Å². The molecule has 138 valence electrons. The summed E-state index contributed by atoms with van der Waals surface area (Å²) in [5.74, 6) is -6.79. The van der Waals surface area contributed by atoms with Crippen molar-refractivity contribution in [1.82, 2.24) is 0 Å². The number of ketones is 2. The van der Waals surface area contributed by atoms with Gasteiger partial charge in [0.2, 0.25) is 5.41 Å². The monoisotopic (exact) mass is 354 g/mol. The van der Waals surface area contributed by atoms with Crippen LogP contribution in [0.5, 0.6) is 0 Å². The number of allylic oxidation sites excluding steroid dienone is 2. The standard InChI is InChI=1S/C17H22O8/c1-7-9-6-10(19)11(8(2)18)12(20)15(9,3)17(13(21)22,14(23)25-5)16(7,4)24/h7,9,20,24H,6H2,1-5H3,(H,21,22)/t7-,9-,15+,16-,17?/m0/s1. The number of carbonyl (C=O) groups excluding carboxylic acids is 3. The molecule has 2 aliphatic carbocycles. The number of hydrogen-bond donors (Lipinski definition) is 3. The number of carboxylic acids is 1. The van der Waals surface area contributed by atoms with Gasteiger partial charge in [0.05, 0.1) is 23.7 Å². The molecule has 1 unspecified atom stereocenters. The molecule has 0 radical (unpaired) electrons. The Bertz CT molecular complexity index is 718. The van der Waals surface area contributed by atoms with Crippen LogP contribution in [0, 0.1) is 22.7 Å². The maximum atomic E-state index is 12.6. The summed E-state index contributed by atoms with van der Waals surface area (Å²) < 4.78 is 4.68. The number of esters is 1. The minimum absolute atomic E-state index is 0.265. The van der Waals surface area contributed by atoms with Gasteiger partial charge in [0.15, 0.2) is 11.6 Å². The quantitative estimate of drug-likeness (QED) is 0.381. The number of carboxylic acid groups (broad SMARTS) is 1. The molecule has 0 aromatic carbocycles. The summed E-state index contributed by atoms with van der Waals surface area (Å²) in [5, 5.41) is 31.8.